The van der Waals surface area contributed by atoms with Gasteiger partial charge < -0.3 is 11.1 Å². The maximum atomic E-state index is 13.3. The number of halogens is 2. The summed E-state index contributed by atoms with van der Waals surface area (Å²) >= 11 is 3.12. The van der Waals surface area contributed by atoms with Gasteiger partial charge in [-0.2, -0.15) is 0 Å². The SMILES string of the molecule is NCCCNC(=O)c1ccc(Br)cc1F. The molecule has 0 heterocycles. The number of carbonyl (C=O) groups excluding carboxylic acids is 1. The number of rotatable bonds is 4. The van der Waals surface area contributed by atoms with Crippen LogP contribution in [0.2, 0.25) is 0 Å². The van der Waals surface area contributed by atoms with Crippen molar-refractivity contribution in [3.8, 4) is 0 Å². The molecule has 0 spiro atoms. The van der Waals surface area contributed by atoms with Crippen molar-refractivity contribution in [1.82, 2.24) is 5.32 Å². The topological polar surface area (TPSA) is 55.1 Å². The minimum atomic E-state index is -0.533. The maximum Gasteiger partial charge on any atom is 0.254 e. The lowest BCUT2D eigenvalue weighted by molar-refractivity contribution is 0.0949. The third kappa shape index (κ3) is 3.60. The molecule has 3 nitrogen and oxygen atoms in total. The van der Waals surface area contributed by atoms with Crippen LogP contribution in [0.1, 0.15) is 16.8 Å². The van der Waals surface area contributed by atoms with Crippen LogP contribution in [-0.2, 0) is 0 Å². The molecule has 15 heavy (non-hydrogen) atoms. The first-order valence-corrected chi connectivity index (χ1v) is 5.37. The van der Waals surface area contributed by atoms with Crippen molar-refractivity contribution in [2.24, 2.45) is 5.73 Å². The van der Waals surface area contributed by atoms with Gasteiger partial charge in [-0.25, -0.2) is 4.39 Å². The lowest BCUT2D eigenvalue weighted by atomic mass is 10.2. The van der Waals surface area contributed by atoms with Crippen LogP contribution < -0.4 is 11.1 Å². The average Bonchev–Trinajstić information content (AvgIpc) is 2.17. The van der Waals surface area contributed by atoms with Gasteiger partial charge in [0.05, 0.1) is 5.56 Å². The van der Waals surface area contributed by atoms with Crippen LogP contribution in [0, 0.1) is 5.82 Å². The normalized spacial score (nSPS) is 10.1. The number of hydrogen-bond acceptors (Lipinski definition) is 2. The quantitative estimate of drug-likeness (QED) is 0.821. The molecule has 0 aliphatic carbocycles. The van der Waals surface area contributed by atoms with Crippen LogP contribution in [0.3, 0.4) is 0 Å². The lowest BCUT2D eigenvalue weighted by Crippen LogP contribution is -2.26. The zero-order chi connectivity index (χ0) is 11.3. The van der Waals surface area contributed by atoms with Crippen molar-refractivity contribution in [3.63, 3.8) is 0 Å². The van der Waals surface area contributed by atoms with Gasteiger partial charge in [-0.1, -0.05) is 15.9 Å². The molecule has 1 rings (SSSR count). The standard InChI is InChI=1S/C10H12BrFN2O/c11-7-2-3-8(9(12)6-7)10(15)14-5-1-4-13/h2-3,6H,1,4-5,13H2,(H,14,15). The molecular formula is C10H12BrFN2O. The van der Waals surface area contributed by atoms with Crippen LogP contribution in [0.5, 0.6) is 0 Å². The van der Waals surface area contributed by atoms with E-state index >= 15 is 0 Å². The fourth-order valence-corrected chi connectivity index (χ4v) is 1.41. The van der Waals surface area contributed by atoms with Crippen LogP contribution in [0.4, 0.5) is 4.39 Å². The van der Waals surface area contributed by atoms with Crippen molar-refractivity contribution in [2.45, 2.75) is 6.42 Å². The van der Waals surface area contributed by atoms with Gasteiger partial charge in [0.25, 0.3) is 5.91 Å². The zero-order valence-corrected chi connectivity index (χ0v) is 9.68. The van der Waals surface area contributed by atoms with Crippen LogP contribution in [-0.4, -0.2) is 19.0 Å². The van der Waals surface area contributed by atoms with Crippen molar-refractivity contribution in [1.29, 1.82) is 0 Å². The summed E-state index contributed by atoms with van der Waals surface area (Å²) in [7, 11) is 0. The molecule has 0 aromatic heterocycles. The molecule has 0 aliphatic heterocycles. The molecule has 1 amide bonds. The molecule has 0 radical (unpaired) electrons. The predicted octanol–water partition coefficient (Wildman–Crippen LogP) is 1.67. The van der Waals surface area contributed by atoms with E-state index in [2.05, 4.69) is 21.2 Å². The molecule has 0 saturated heterocycles. The summed E-state index contributed by atoms with van der Waals surface area (Å²) in [6, 6.07) is 4.33. The summed E-state index contributed by atoms with van der Waals surface area (Å²) < 4.78 is 13.9. The number of nitrogens with one attached hydrogen (secondary N) is 1. The summed E-state index contributed by atoms with van der Waals surface area (Å²) in [6.07, 6.45) is 0.684. The van der Waals surface area contributed by atoms with Crippen LogP contribution in [0.15, 0.2) is 22.7 Å². The van der Waals surface area contributed by atoms with Crippen molar-refractivity contribution in [2.75, 3.05) is 13.1 Å². The van der Waals surface area contributed by atoms with E-state index in [-0.39, 0.29) is 5.56 Å². The van der Waals surface area contributed by atoms with Gasteiger partial charge in [0, 0.05) is 11.0 Å². The lowest BCUT2D eigenvalue weighted by Gasteiger charge is -2.05. The third-order valence-corrected chi connectivity index (χ3v) is 2.34. The Morgan fingerprint density at radius 1 is 1.53 bits per heavy atom. The third-order valence-electron chi connectivity index (χ3n) is 1.84. The minimum absolute atomic E-state index is 0.0511. The van der Waals surface area contributed by atoms with E-state index in [0.29, 0.717) is 24.0 Å². The Morgan fingerprint density at radius 3 is 2.87 bits per heavy atom. The largest absolute Gasteiger partial charge is 0.352 e. The Balaban J connectivity index is 2.65. The maximum absolute atomic E-state index is 13.3. The molecule has 82 valence electrons. The molecule has 0 aliphatic rings. The molecule has 0 unspecified atom stereocenters. The smallest absolute Gasteiger partial charge is 0.254 e. The summed E-state index contributed by atoms with van der Waals surface area (Å²) in [5, 5.41) is 2.59. The van der Waals surface area contributed by atoms with Gasteiger partial charge in [-0.3, -0.25) is 4.79 Å². The molecule has 1 aromatic rings. The van der Waals surface area contributed by atoms with Crippen molar-refractivity contribution >= 4 is 21.8 Å². The number of carbonyl (C=O) groups is 1. The van der Waals surface area contributed by atoms with Gasteiger partial charge >= 0.3 is 0 Å². The van der Waals surface area contributed by atoms with Crippen molar-refractivity contribution in [3.05, 3.63) is 34.1 Å². The first-order chi connectivity index (χ1) is 7.15. The molecule has 0 saturated carbocycles. The first kappa shape index (κ1) is 12.1. The Labute approximate surface area is 96.0 Å². The summed E-state index contributed by atoms with van der Waals surface area (Å²) in [5.74, 6) is -0.942. The van der Waals surface area contributed by atoms with Gasteiger partial charge in [0.1, 0.15) is 5.82 Å². The average molecular weight is 275 g/mol. The highest BCUT2D eigenvalue weighted by Crippen LogP contribution is 2.14. The molecule has 0 atom stereocenters. The van der Waals surface area contributed by atoms with Crippen molar-refractivity contribution < 1.29 is 9.18 Å². The molecular weight excluding hydrogens is 263 g/mol. The minimum Gasteiger partial charge on any atom is -0.352 e. The fourth-order valence-electron chi connectivity index (χ4n) is 1.07. The predicted molar refractivity (Wildman–Crippen MR) is 60.1 cm³/mol. The number of benzene rings is 1. The second kappa shape index (κ2) is 5.82. The Kier molecular flexibility index (Phi) is 4.71. The summed E-state index contributed by atoms with van der Waals surface area (Å²) in [6.45, 7) is 0.966. The Bertz CT molecular complexity index is 357. The number of nitrogens with two attached hydrogens (primary N) is 1. The van der Waals surface area contributed by atoms with E-state index in [4.69, 9.17) is 5.73 Å². The highest BCUT2D eigenvalue weighted by molar-refractivity contribution is 9.10. The highest BCUT2D eigenvalue weighted by atomic mass is 79.9. The van der Waals surface area contributed by atoms with E-state index in [1.54, 1.807) is 6.07 Å². The Hall–Kier alpha value is -0.940. The van der Waals surface area contributed by atoms with Gasteiger partial charge in [0.2, 0.25) is 0 Å². The second-order valence-electron chi connectivity index (χ2n) is 3.02. The highest BCUT2D eigenvalue weighted by Gasteiger charge is 2.10. The number of hydrogen-bond donors (Lipinski definition) is 2. The van der Waals surface area contributed by atoms with E-state index in [1.165, 1.54) is 12.1 Å². The van der Waals surface area contributed by atoms with Gasteiger partial charge in [-0.15, -0.1) is 0 Å². The molecule has 5 heteroatoms. The fraction of sp³-hybridized carbons (Fsp3) is 0.300. The number of amides is 1. The van der Waals surface area contributed by atoms with E-state index < -0.39 is 11.7 Å². The molecule has 0 bridgehead atoms. The summed E-state index contributed by atoms with van der Waals surface area (Å²) in [5.41, 5.74) is 5.32. The van der Waals surface area contributed by atoms with Gasteiger partial charge in [0.15, 0.2) is 0 Å². The zero-order valence-electron chi connectivity index (χ0n) is 8.09. The molecule has 3 N–H and O–H groups in total. The van der Waals surface area contributed by atoms with Crippen LogP contribution in [0.25, 0.3) is 0 Å². The molecule has 0 fully saturated rings. The first-order valence-electron chi connectivity index (χ1n) is 4.58. The van der Waals surface area contributed by atoms with Crippen LogP contribution >= 0.6 is 15.9 Å². The summed E-state index contributed by atoms with van der Waals surface area (Å²) in [4.78, 5) is 11.4. The van der Waals surface area contributed by atoms with E-state index in [0.717, 1.165) is 0 Å². The monoisotopic (exact) mass is 274 g/mol. The molecule has 1 aromatic carbocycles. The Morgan fingerprint density at radius 2 is 2.27 bits per heavy atom. The van der Waals surface area contributed by atoms with E-state index in [1.807, 2.05) is 0 Å². The second-order valence-corrected chi connectivity index (χ2v) is 3.94. The van der Waals surface area contributed by atoms with E-state index in [9.17, 15) is 9.18 Å². The van der Waals surface area contributed by atoms with Gasteiger partial charge in [-0.05, 0) is 31.2 Å².